The third kappa shape index (κ3) is 4.43. The summed E-state index contributed by atoms with van der Waals surface area (Å²) in [5.74, 6) is -0.938. The van der Waals surface area contributed by atoms with Crippen LogP contribution >= 0.6 is 0 Å². The minimum absolute atomic E-state index is 0.0507. The zero-order valence-corrected chi connectivity index (χ0v) is 15.3. The highest BCUT2D eigenvalue weighted by atomic mass is 19.1. The van der Waals surface area contributed by atoms with Gasteiger partial charge in [-0.15, -0.1) is 0 Å². The smallest absolute Gasteiger partial charge is 0.255 e. The van der Waals surface area contributed by atoms with E-state index in [1.54, 1.807) is 29.2 Å². The van der Waals surface area contributed by atoms with Gasteiger partial charge in [0.05, 0.1) is 13.3 Å². The molecule has 1 aromatic carbocycles. The number of ether oxygens (including phenoxy) is 1. The molecule has 146 valence electrons. The van der Waals surface area contributed by atoms with Gasteiger partial charge in [0, 0.05) is 30.4 Å². The molecule has 1 aliphatic heterocycles. The third-order valence-electron chi connectivity index (χ3n) is 4.30. The summed E-state index contributed by atoms with van der Waals surface area (Å²) < 4.78 is 18.2. The van der Waals surface area contributed by atoms with E-state index in [0.717, 1.165) is 6.20 Å². The van der Waals surface area contributed by atoms with Crippen LogP contribution in [0, 0.1) is 5.82 Å². The highest BCUT2D eigenvalue weighted by Crippen LogP contribution is 2.19. The number of nitrogens with one attached hydrogen (secondary N) is 2. The summed E-state index contributed by atoms with van der Waals surface area (Å²) >= 11 is 0. The van der Waals surface area contributed by atoms with Crippen molar-refractivity contribution in [2.45, 2.75) is 12.5 Å². The first-order valence-electron chi connectivity index (χ1n) is 8.66. The number of halogens is 1. The van der Waals surface area contributed by atoms with Gasteiger partial charge in [0.15, 0.2) is 0 Å². The molecule has 3 rings (SSSR count). The van der Waals surface area contributed by atoms with E-state index in [2.05, 4.69) is 27.2 Å². The molecule has 1 unspecified atom stereocenters. The third-order valence-corrected chi connectivity index (χ3v) is 4.30. The summed E-state index contributed by atoms with van der Waals surface area (Å²) in [5.41, 5.74) is 1.11. The molecule has 1 aliphatic rings. The Balaban J connectivity index is 1.59. The Morgan fingerprint density at radius 3 is 2.79 bits per heavy atom. The van der Waals surface area contributed by atoms with Gasteiger partial charge in [0.1, 0.15) is 0 Å². The first-order chi connectivity index (χ1) is 13.5. The van der Waals surface area contributed by atoms with Gasteiger partial charge in [-0.2, -0.15) is 9.37 Å². The standard InChI is InChI=1S/C19H20FN5O3/c1-3-16(26)22-13-6-4-12(5-7-13)18(27)25-9-8-14(11-25)23-19-21-10-15(20)17(24-19)28-2/h3-7,10,14H,1,8-9,11H2,2H3,(H,22,26)(H,21,23,24). The lowest BCUT2D eigenvalue weighted by Gasteiger charge is -2.17. The van der Waals surface area contributed by atoms with Gasteiger partial charge in [-0.1, -0.05) is 6.58 Å². The molecule has 9 heteroatoms. The maximum atomic E-state index is 13.4. The number of rotatable bonds is 6. The summed E-state index contributed by atoms with van der Waals surface area (Å²) in [5, 5.41) is 5.73. The monoisotopic (exact) mass is 385 g/mol. The average Bonchev–Trinajstić information content (AvgIpc) is 3.17. The van der Waals surface area contributed by atoms with Gasteiger partial charge in [-0.25, -0.2) is 4.98 Å². The highest BCUT2D eigenvalue weighted by Gasteiger charge is 2.27. The van der Waals surface area contributed by atoms with Crippen LogP contribution in [0.4, 0.5) is 16.0 Å². The number of aromatic nitrogens is 2. The van der Waals surface area contributed by atoms with Crippen LogP contribution < -0.4 is 15.4 Å². The predicted molar refractivity (Wildman–Crippen MR) is 102 cm³/mol. The minimum Gasteiger partial charge on any atom is -0.479 e. The number of anilines is 2. The second kappa shape index (κ2) is 8.47. The average molecular weight is 385 g/mol. The lowest BCUT2D eigenvalue weighted by Crippen LogP contribution is -2.31. The van der Waals surface area contributed by atoms with Crippen LogP contribution in [0.1, 0.15) is 16.8 Å². The maximum absolute atomic E-state index is 13.4. The molecule has 0 spiro atoms. The van der Waals surface area contributed by atoms with Crippen LogP contribution in [0.25, 0.3) is 0 Å². The molecule has 1 saturated heterocycles. The second-order valence-corrected chi connectivity index (χ2v) is 6.20. The van der Waals surface area contributed by atoms with E-state index in [1.165, 1.54) is 13.2 Å². The van der Waals surface area contributed by atoms with Gasteiger partial charge < -0.3 is 20.3 Å². The zero-order valence-electron chi connectivity index (χ0n) is 15.3. The number of hydrogen-bond donors (Lipinski definition) is 2. The number of amides is 2. The van der Waals surface area contributed by atoms with Crippen LogP contribution in [0.3, 0.4) is 0 Å². The summed E-state index contributed by atoms with van der Waals surface area (Å²) in [6.45, 7) is 4.43. The van der Waals surface area contributed by atoms with Crippen molar-refractivity contribution in [1.29, 1.82) is 0 Å². The van der Waals surface area contributed by atoms with Gasteiger partial charge >= 0.3 is 0 Å². The van der Waals surface area contributed by atoms with Gasteiger partial charge in [-0.3, -0.25) is 9.59 Å². The fraction of sp³-hybridized carbons (Fsp3) is 0.263. The number of likely N-dealkylation sites (tertiary alicyclic amines) is 1. The first kappa shape index (κ1) is 19.3. The molecule has 0 aliphatic carbocycles. The molecule has 8 nitrogen and oxygen atoms in total. The Morgan fingerprint density at radius 2 is 2.11 bits per heavy atom. The summed E-state index contributed by atoms with van der Waals surface area (Å²) in [7, 11) is 1.33. The Morgan fingerprint density at radius 1 is 1.36 bits per heavy atom. The number of carbonyl (C=O) groups excluding carboxylic acids is 2. The molecule has 2 N–H and O–H groups in total. The Hall–Kier alpha value is -3.49. The summed E-state index contributed by atoms with van der Waals surface area (Å²) in [4.78, 5) is 33.6. The number of nitrogens with zero attached hydrogens (tertiary/aromatic N) is 3. The predicted octanol–water partition coefficient (Wildman–Crippen LogP) is 2.08. The van der Waals surface area contributed by atoms with Crippen LogP contribution in [0.2, 0.25) is 0 Å². The Kier molecular flexibility index (Phi) is 5.83. The van der Waals surface area contributed by atoms with E-state index in [-0.39, 0.29) is 29.7 Å². The molecule has 2 aromatic rings. The molecule has 0 bridgehead atoms. The van der Waals surface area contributed by atoms with Crippen molar-refractivity contribution in [3.8, 4) is 5.88 Å². The number of hydrogen-bond acceptors (Lipinski definition) is 6. The fourth-order valence-electron chi connectivity index (χ4n) is 2.88. The first-order valence-corrected chi connectivity index (χ1v) is 8.66. The highest BCUT2D eigenvalue weighted by molar-refractivity contribution is 5.99. The van der Waals surface area contributed by atoms with Gasteiger partial charge in [0.25, 0.3) is 11.8 Å². The Bertz CT molecular complexity index is 888. The lowest BCUT2D eigenvalue weighted by molar-refractivity contribution is -0.111. The van der Waals surface area contributed by atoms with E-state index < -0.39 is 5.82 Å². The Labute approximate surface area is 161 Å². The van der Waals surface area contributed by atoms with E-state index in [4.69, 9.17) is 4.74 Å². The van der Waals surface area contributed by atoms with Crippen LogP contribution in [0.5, 0.6) is 5.88 Å². The van der Waals surface area contributed by atoms with Crippen molar-refractivity contribution < 1.29 is 18.7 Å². The van der Waals surface area contributed by atoms with Crippen molar-refractivity contribution in [1.82, 2.24) is 14.9 Å². The van der Waals surface area contributed by atoms with Crippen molar-refractivity contribution in [2.24, 2.45) is 0 Å². The minimum atomic E-state index is -0.635. The normalized spacial score (nSPS) is 15.8. The summed E-state index contributed by atoms with van der Waals surface area (Å²) in [6.07, 6.45) is 2.93. The summed E-state index contributed by atoms with van der Waals surface area (Å²) in [6, 6.07) is 6.61. The fourth-order valence-corrected chi connectivity index (χ4v) is 2.88. The molecular weight excluding hydrogens is 365 g/mol. The molecule has 2 amide bonds. The van der Waals surface area contributed by atoms with Crippen molar-refractivity contribution >= 4 is 23.5 Å². The molecule has 1 fully saturated rings. The van der Waals surface area contributed by atoms with E-state index >= 15 is 0 Å². The SMILES string of the molecule is C=CC(=O)Nc1ccc(C(=O)N2CCC(Nc3ncc(F)c(OC)n3)C2)cc1. The molecule has 2 heterocycles. The van der Waals surface area contributed by atoms with Crippen molar-refractivity contribution in [3.05, 3.63) is 54.5 Å². The number of benzene rings is 1. The van der Waals surface area contributed by atoms with Crippen LogP contribution in [0.15, 0.2) is 43.1 Å². The van der Waals surface area contributed by atoms with Crippen molar-refractivity contribution in [3.63, 3.8) is 0 Å². The molecule has 0 radical (unpaired) electrons. The van der Waals surface area contributed by atoms with Crippen LogP contribution in [-0.4, -0.2) is 52.9 Å². The molecule has 28 heavy (non-hydrogen) atoms. The van der Waals surface area contributed by atoms with Crippen molar-refractivity contribution in [2.75, 3.05) is 30.8 Å². The molecule has 1 aromatic heterocycles. The van der Waals surface area contributed by atoms with E-state index in [1.807, 2.05) is 0 Å². The topological polar surface area (TPSA) is 96.5 Å². The van der Waals surface area contributed by atoms with Gasteiger partial charge in [0.2, 0.25) is 17.7 Å². The zero-order chi connectivity index (χ0) is 20.1. The lowest BCUT2D eigenvalue weighted by atomic mass is 10.2. The molecule has 1 atom stereocenters. The van der Waals surface area contributed by atoms with Gasteiger partial charge in [-0.05, 0) is 36.8 Å². The second-order valence-electron chi connectivity index (χ2n) is 6.20. The quantitative estimate of drug-likeness (QED) is 0.739. The molecular formula is C19H20FN5O3. The largest absolute Gasteiger partial charge is 0.479 e. The molecule has 0 saturated carbocycles. The number of methoxy groups -OCH3 is 1. The maximum Gasteiger partial charge on any atom is 0.255 e. The number of carbonyl (C=O) groups is 2. The van der Waals surface area contributed by atoms with E-state index in [9.17, 15) is 14.0 Å². The van der Waals surface area contributed by atoms with E-state index in [0.29, 0.717) is 30.8 Å². The van der Waals surface area contributed by atoms with Crippen LogP contribution in [-0.2, 0) is 4.79 Å².